The van der Waals surface area contributed by atoms with Crippen LogP contribution in [-0.4, -0.2) is 12.4 Å². The van der Waals surface area contributed by atoms with Gasteiger partial charge in [-0.3, -0.25) is 0 Å². The average Bonchev–Trinajstić information content (AvgIpc) is 2.26. The van der Waals surface area contributed by atoms with Gasteiger partial charge in [0.05, 0.1) is 6.61 Å². The van der Waals surface area contributed by atoms with Gasteiger partial charge in [-0.05, 0) is 44.2 Å². The van der Waals surface area contributed by atoms with E-state index < -0.39 is 0 Å². The fraction of sp³-hybridized carbons (Fsp3) is 0.562. The second-order valence-electron chi connectivity index (χ2n) is 5.18. The molecule has 2 nitrogen and oxygen atoms in total. The molecule has 1 aromatic rings. The summed E-state index contributed by atoms with van der Waals surface area (Å²) >= 11 is 0. The second-order valence-corrected chi connectivity index (χ2v) is 5.18. The molecule has 0 amide bonds. The number of hydrogen-bond donors (Lipinski definition) is 0. The molecule has 0 spiro atoms. The minimum atomic E-state index is 0.256. The van der Waals surface area contributed by atoms with Gasteiger partial charge in [-0.25, -0.2) is 0 Å². The van der Waals surface area contributed by atoms with Gasteiger partial charge in [0, 0.05) is 6.42 Å². The van der Waals surface area contributed by atoms with Gasteiger partial charge in [0.25, 0.3) is 0 Å². The van der Waals surface area contributed by atoms with Crippen LogP contribution in [0, 0.1) is 12.8 Å². The van der Waals surface area contributed by atoms with E-state index in [0.717, 1.165) is 25.2 Å². The Morgan fingerprint density at radius 1 is 1.39 bits per heavy atom. The van der Waals surface area contributed by atoms with E-state index >= 15 is 0 Å². The first-order valence-corrected chi connectivity index (χ1v) is 6.74. The van der Waals surface area contributed by atoms with Crippen LogP contribution in [0.5, 0.6) is 5.75 Å². The van der Waals surface area contributed by atoms with E-state index in [1.807, 2.05) is 6.07 Å². The summed E-state index contributed by atoms with van der Waals surface area (Å²) in [6, 6.07) is 6.28. The Morgan fingerprint density at radius 2 is 2.11 bits per heavy atom. The van der Waals surface area contributed by atoms with Crippen LogP contribution < -0.4 is 4.74 Å². The van der Waals surface area contributed by atoms with Gasteiger partial charge in [-0.15, -0.1) is 0 Å². The van der Waals surface area contributed by atoms with Crippen LogP contribution in [0.4, 0.5) is 0 Å². The molecule has 0 aliphatic rings. The van der Waals surface area contributed by atoms with Crippen molar-refractivity contribution >= 4 is 5.78 Å². The predicted octanol–water partition coefficient (Wildman–Crippen LogP) is 3.94. The van der Waals surface area contributed by atoms with Gasteiger partial charge >= 0.3 is 0 Å². The molecule has 0 radical (unpaired) electrons. The van der Waals surface area contributed by atoms with Crippen LogP contribution in [0.2, 0.25) is 0 Å². The highest BCUT2D eigenvalue weighted by atomic mass is 16.5. The largest absolute Gasteiger partial charge is 0.493 e. The molecular weight excluding hydrogens is 224 g/mol. The lowest BCUT2D eigenvalue weighted by Crippen LogP contribution is -2.07. The maximum Gasteiger partial charge on any atom is 0.130 e. The van der Waals surface area contributed by atoms with Crippen molar-refractivity contribution in [2.45, 2.75) is 47.0 Å². The molecule has 18 heavy (non-hydrogen) atoms. The maximum atomic E-state index is 11.1. The Morgan fingerprint density at radius 3 is 2.72 bits per heavy atom. The normalized spacial score (nSPS) is 12.2. The Balaban J connectivity index is 2.77. The third-order valence-electron chi connectivity index (χ3n) is 2.88. The molecule has 0 heterocycles. The molecule has 1 unspecified atom stereocenters. The zero-order valence-corrected chi connectivity index (χ0v) is 12.0. The number of hydrogen-bond acceptors (Lipinski definition) is 2. The summed E-state index contributed by atoms with van der Waals surface area (Å²) in [5, 5.41) is 0. The summed E-state index contributed by atoms with van der Waals surface area (Å²) in [4.78, 5) is 11.1. The molecule has 0 N–H and O–H groups in total. The molecule has 2 heteroatoms. The number of rotatable bonds is 7. The van der Waals surface area contributed by atoms with Crippen molar-refractivity contribution in [3.8, 4) is 5.75 Å². The molecule has 1 aromatic carbocycles. The van der Waals surface area contributed by atoms with Gasteiger partial charge in [-0.1, -0.05) is 31.5 Å². The van der Waals surface area contributed by atoms with Crippen molar-refractivity contribution in [3.05, 3.63) is 29.3 Å². The van der Waals surface area contributed by atoms with Crippen LogP contribution in [0.15, 0.2) is 18.2 Å². The first-order chi connectivity index (χ1) is 8.52. The number of Topliss-reactive ketones (excluding diaryl/α,β-unsaturated/α-hetero) is 1. The van der Waals surface area contributed by atoms with Crippen LogP contribution in [0.25, 0.3) is 0 Å². The highest BCUT2D eigenvalue weighted by Gasteiger charge is 2.11. The fourth-order valence-electron chi connectivity index (χ4n) is 2.16. The fourth-order valence-corrected chi connectivity index (χ4v) is 2.16. The minimum absolute atomic E-state index is 0.256. The SMILES string of the molecule is CCCOc1ccc(C)cc1CC(C)CC(C)=O. The van der Waals surface area contributed by atoms with Gasteiger partial charge in [0.1, 0.15) is 11.5 Å². The van der Waals surface area contributed by atoms with Crippen LogP contribution >= 0.6 is 0 Å². The van der Waals surface area contributed by atoms with E-state index in [0.29, 0.717) is 12.3 Å². The van der Waals surface area contributed by atoms with Crippen molar-refractivity contribution in [1.82, 2.24) is 0 Å². The van der Waals surface area contributed by atoms with E-state index in [2.05, 4.69) is 32.9 Å². The standard InChI is InChI=1S/C16H24O2/c1-5-8-18-16-7-6-12(2)10-15(16)11-13(3)9-14(4)17/h6-7,10,13H,5,8-9,11H2,1-4H3. The number of aryl methyl sites for hydroxylation is 1. The van der Waals surface area contributed by atoms with E-state index in [-0.39, 0.29) is 5.78 Å². The lowest BCUT2D eigenvalue weighted by Gasteiger charge is -2.15. The van der Waals surface area contributed by atoms with Crippen molar-refractivity contribution in [2.75, 3.05) is 6.61 Å². The maximum absolute atomic E-state index is 11.1. The quantitative estimate of drug-likeness (QED) is 0.730. The molecular formula is C16H24O2. The summed E-state index contributed by atoms with van der Waals surface area (Å²) in [6.45, 7) is 8.71. The van der Waals surface area contributed by atoms with Gasteiger partial charge in [-0.2, -0.15) is 0 Å². The van der Waals surface area contributed by atoms with Crippen LogP contribution in [-0.2, 0) is 11.2 Å². The molecule has 1 atom stereocenters. The zero-order chi connectivity index (χ0) is 13.5. The van der Waals surface area contributed by atoms with E-state index in [1.165, 1.54) is 11.1 Å². The summed E-state index contributed by atoms with van der Waals surface area (Å²) in [6.07, 6.45) is 2.55. The topological polar surface area (TPSA) is 26.3 Å². The highest BCUT2D eigenvalue weighted by molar-refractivity contribution is 5.75. The van der Waals surface area contributed by atoms with Gasteiger partial charge < -0.3 is 9.53 Å². The molecule has 0 saturated carbocycles. The molecule has 0 bridgehead atoms. The van der Waals surface area contributed by atoms with Gasteiger partial charge in [0.15, 0.2) is 0 Å². The molecule has 0 aliphatic carbocycles. The van der Waals surface area contributed by atoms with Crippen molar-refractivity contribution in [1.29, 1.82) is 0 Å². The first kappa shape index (κ1) is 14.7. The molecule has 0 fully saturated rings. The monoisotopic (exact) mass is 248 g/mol. The molecule has 1 rings (SSSR count). The third kappa shape index (κ3) is 4.91. The number of carbonyl (C=O) groups excluding carboxylic acids is 1. The molecule has 0 aromatic heterocycles. The minimum Gasteiger partial charge on any atom is -0.493 e. The highest BCUT2D eigenvalue weighted by Crippen LogP contribution is 2.24. The third-order valence-corrected chi connectivity index (χ3v) is 2.88. The summed E-state index contributed by atoms with van der Waals surface area (Å²) in [5.41, 5.74) is 2.46. The van der Waals surface area contributed by atoms with Gasteiger partial charge in [0.2, 0.25) is 0 Å². The molecule has 100 valence electrons. The number of carbonyl (C=O) groups is 1. The number of ketones is 1. The van der Waals surface area contributed by atoms with Crippen molar-refractivity contribution in [3.63, 3.8) is 0 Å². The summed E-state index contributed by atoms with van der Waals surface area (Å²) in [7, 11) is 0. The number of ether oxygens (including phenoxy) is 1. The van der Waals surface area contributed by atoms with Crippen LogP contribution in [0.1, 0.15) is 44.7 Å². The Kier molecular flexibility index (Phi) is 5.90. The first-order valence-electron chi connectivity index (χ1n) is 6.74. The molecule has 0 aliphatic heterocycles. The predicted molar refractivity (Wildman–Crippen MR) is 75.1 cm³/mol. The average molecular weight is 248 g/mol. The zero-order valence-electron chi connectivity index (χ0n) is 12.0. The van der Waals surface area contributed by atoms with Crippen LogP contribution in [0.3, 0.4) is 0 Å². The smallest absolute Gasteiger partial charge is 0.130 e. The summed E-state index contributed by atoms with van der Waals surface area (Å²) < 4.78 is 5.76. The van der Waals surface area contributed by atoms with Crippen molar-refractivity contribution < 1.29 is 9.53 Å². The number of benzene rings is 1. The van der Waals surface area contributed by atoms with E-state index in [1.54, 1.807) is 6.92 Å². The summed E-state index contributed by atoms with van der Waals surface area (Å²) in [5.74, 6) is 1.59. The lowest BCUT2D eigenvalue weighted by atomic mass is 9.95. The Labute approximate surface area is 110 Å². The van der Waals surface area contributed by atoms with E-state index in [9.17, 15) is 4.79 Å². The van der Waals surface area contributed by atoms with E-state index in [4.69, 9.17) is 4.74 Å². The Bertz CT molecular complexity index is 396. The Hall–Kier alpha value is -1.31. The second kappa shape index (κ2) is 7.20. The lowest BCUT2D eigenvalue weighted by molar-refractivity contribution is -0.117. The molecule has 0 saturated heterocycles. The van der Waals surface area contributed by atoms with Crippen molar-refractivity contribution in [2.24, 2.45) is 5.92 Å².